The van der Waals surface area contributed by atoms with Gasteiger partial charge in [0.25, 0.3) is 0 Å². The lowest BCUT2D eigenvalue weighted by Gasteiger charge is -2.21. The van der Waals surface area contributed by atoms with Crippen molar-refractivity contribution in [2.24, 2.45) is 0 Å². The molecular weight excluding hydrogens is 298 g/mol. The molecule has 1 aliphatic heterocycles. The molecular formula is C16H23N3O2S. The summed E-state index contributed by atoms with van der Waals surface area (Å²) in [5, 5.41) is 8.08. The van der Waals surface area contributed by atoms with Crippen molar-refractivity contribution >= 4 is 11.3 Å². The predicted octanol–water partition coefficient (Wildman–Crippen LogP) is 3.57. The smallest absolute Gasteiger partial charge is 0.230 e. The molecule has 1 saturated heterocycles. The highest BCUT2D eigenvalue weighted by molar-refractivity contribution is 7.12. The molecule has 0 unspecified atom stereocenters. The predicted molar refractivity (Wildman–Crippen MR) is 85.7 cm³/mol. The molecule has 6 heteroatoms. The van der Waals surface area contributed by atoms with Gasteiger partial charge in [-0.3, -0.25) is 4.90 Å². The number of thiophene rings is 1. The molecule has 1 fully saturated rings. The minimum Gasteiger partial charge on any atom is -0.424 e. The van der Waals surface area contributed by atoms with Crippen molar-refractivity contribution < 1.29 is 9.15 Å². The molecule has 0 saturated carbocycles. The topological polar surface area (TPSA) is 51.4 Å². The minimum atomic E-state index is 0.306. The lowest BCUT2D eigenvalue weighted by atomic mass is 10.1. The van der Waals surface area contributed by atoms with E-state index in [9.17, 15) is 0 Å². The van der Waals surface area contributed by atoms with Crippen LogP contribution in [0.3, 0.4) is 0 Å². The molecule has 0 radical (unpaired) electrons. The fourth-order valence-electron chi connectivity index (χ4n) is 2.67. The SMILES string of the molecule is CCc1nnc(CN(C)Cc2ccc([C@@H]3CCCCO3)s2)o1. The molecule has 0 aromatic carbocycles. The molecule has 3 heterocycles. The number of aromatic nitrogens is 2. The Morgan fingerprint density at radius 3 is 2.82 bits per heavy atom. The largest absolute Gasteiger partial charge is 0.424 e. The first-order chi connectivity index (χ1) is 10.7. The average molecular weight is 321 g/mol. The summed E-state index contributed by atoms with van der Waals surface area (Å²) >= 11 is 1.85. The maximum Gasteiger partial charge on any atom is 0.230 e. The van der Waals surface area contributed by atoms with E-state index in [1.165, 1.54) is 22.6 Å². The molecule has 0 bridgehead atoms. The Bertz CT molecular complexity index is 590. The molecule has 2 aromatic heterocycles. The van der Waals surface area contributed by atoms with E-state index in [1.54, 1.807) is 0 Å². The van der Waals surface area contributed by atoms with Crippen molar-refractivity contribution in [3.05, 3.63) is 33.7 Å². The average Bonchev–Trinajstić information content (AvgIpc) is 3.17. The second kappa shape index (κ2) is 7.35. The molecule has 0 amide bonds. The summed E-state index contributed by atoms with van der Waals surface area (Å²) in [4.78, 5) is 4.90. The second-order valence-corrected chi connectivity index (χ2v) is 6.97. The molecule has 1 aliphatic rings. The van der Waals surface area contributed by atoms with Crippen molar-refractivity contribution in [1.29, 1.82) is 0 Å². The Balaban J connectivity index is 1.54. The number of hydrogen-bond acceptors (Lipinski definition) is 6. The summed E-state index contributed by atoms with van der Waals surface area (Å²) in [6.07, 6.45) is 4.71. The number of ether oxygens (including phenoxy) is 1. The monoisotopic (exact) mass is 321 g/mol. The van der Waals surface area contributed by atoms with Gasteiger partial charge in [-0.05, 0) is 38.4 Å². The van der Waals surface area contributed by atoms with Crippen molar-refractivity contribution in [1.82, 2.24) is 15.1 Å². The van der Waals surface area contributed by atoms with E-state index >= 15 is 0 Å². The van der Waals surface area contributed by atoms with Crippen LogP contribution < -0.4 is 0 Å². The van der Waals surface area contributed by atoms with Crippen LogP contribution in [0.25, 0.3) is 0 Å². The molecule has 0 N–H and O–H groups in total. The van der Waals surface area contributed by atoms with E-state index in [1.807, 2.05) is 18.3 Å². The minimum absolute atomic E-state index is 0.306. The third-order valence-electron chi connectivity index (χ3n) is 3.82. The van der Waals surface area contributed by atoms with Crippen LogP contribution in [0.15, 0.2) is 16.5 Å². The lowest BCUT2D eigenvalue weighted by Crippen LogP contribution is -2.16. The highest BCUT2D eigenvalue weighted by Gasteiger charge is 2.18. The van der Waals surface area contributed by atoms with Crippen LogP contribution in [0.1, 0.15) is 53.8 Å². The zero-order valence-corrected chi connectivity index (χ0v) is 14.1. The highest BCUT2D eigenvalue weighted by Crippen LogP contribution is 2.33. The maximum absolute atomic E-state index is 5.86. The van der Waals surface area contributed by atoms with Gasteiger partial charge in [0.1, 0.15) is 0 Å². The first-order valence-corrected chi connectivity index (χ1v) is 8.76. The van der Waals surface area contributed by atoms with Gasteiger partial charge >= 0.3 is 0 Å². The van der Waals surface area contributed by atoms with Gasteiger partial charge in [0, 0.05) is 29.3 Å². The van der Waals surface area contributed by atoms with Crippen LogP contribution >= 0.6 is 11.3 Å². The fraction of sp³-hybridized carbons (Fsp3) is 0.625. The Hall–Kier alpha value is -1.24. The quantitative estimate of drug-likeness (QED) is 0.814. The zero-order valence-electron chi connectivity index (χ0n) is 13.2. The zero-order chi connectivity index (χ0) is 15.4. The first kappa shape index (κ1) is 15.6. The Morgan fingerprint density at radius 1 is 1.23 bits per heavy atom. The molecule has 120 valence electrons. The van der Waals surface area contributed by atoms with Gasteiger partial charge in [-0.2, -0.15) is 0 Å². The Kier molecular flexibility index (Phi) is 5.23. The van der Waals surface area contributed by atoms with Gasteiger partial charge in [0.05, 0.1) is 12.6 Å². The van der Waals surface area contributed by atoms with E-state index in [-0.39, 0.29) is 0 Å². The van der Waals surface area contributed by atoms with E-state index in [0.29, 0.717) is 24.4 Å². The van der Waals surface area contributed by atoms with Crippen LogP contribution in [0, 0.1) is 0 Å². The van der Waals surface area contributed by atoms with Crippen LogP contribution in [-0.2, 0) is 24.2 Å². The van der Waals surface area contributed by atoms with Gasteiger partial charge in [0.2, 0.25) is 11.8 Å². The molecule has 5 nitrogen and oxygen atoms in total. The Labute approximate surface area is 135 Å². The van der Waals surface area contributed by atoms with Crippen molar-refractivity contribution in [3.63, 3.8) is 0 Å². The summed E-state index contributed by atoms with van der Waals surface area (Å²) in [7, 11) is 2.08. The van der Waals surface area contributed by atoms with Crippen molar-refractivity contribution in [3.8, 4) is 0 Å². The molecule has 22 heavy (non-hydrogen) atoms. The van der Waals surface area contributed by atoms with Crippen LogP contribution in [0.2, 0.25) is 0 Å². The summed E-state index contributed by atoms with van der Waals surface area (Å²) in [6.45, 7) is 4.48. The van der Waals surface area contributed by atoms with E-state index in [2.05, 4.69) is 34.3 Å². The van der Waals surface area contributed by atoms with Gasteiger partial charge in [-0.1, -0.05) is 6.92 Å². The van der Waals surface area contributed by atoms with Crippen LogP contribution in [0.4, 0.5) is 0 Å². The first-order valence-electron chi connectivity index (χ1n) is 7.94. The molecule has 0 aliphatic carbocycles. The molecule has 3 rings (SSSR count). The van der Waals surface area contributed by atoms with Crippen molar-refractivity contribution in [2.45, 2.75) is 51.8 Å². The summed E-state index contributed by atoms with van der Waals surface area (Å²) in [5.74, 6) is 1.39. The number of rotatable bonds is 6. The molecule has 1 atom stereocenters. The van der Waals surface area contributed by atoms with E-state index in [4.69, 9.17) is 9.15 Å². The molecule has 0 spiro atoms. The second-order valence-electron chi connectivity index (χ2n) is 5.77. The summed E-state index contributed by atoms with van der Waals surface area (Å²) in [5.41, 5.74) is 0. The number of nitrogens with zero attached hydrogens (tertiary/aromatic N) is 3. The van der Waals surface area contributed by atoms with Gasteiger partial charge in [0.15, 0.2) is 0 Å². The van der Waals surface area contributed by atoms with Crippen molar-refractivity contribution in [2.75, 3.05) is 13.7 Å². The number of aryl methyl sites for hydroxylation is 1. The van der Waals surface area contributed by atoms with Gasteiger partial charge in [-0.25, -0.2) is 0 Å². The fourth-order valence-corrected chi connectivity index (χ4v) is 3.84. The summed E-state index contributed by atoms with van der Waals surface area (Å²) in [6, 6.07) is 4.42. The van der Waals surface area contributed by atoms with Gasteiger partial charge < -0.3 is 9.15 Å². The maximum atomic E-state index is 5.86. The lowest BCUT2D eigenvalue weighted by molar-refractivity contribution is 0.0172. The third kappa shape index (κ3) is 3.94. The van der Waals surface area contributed by atoms with Crippen LogP contribution in [0.5, 0.6) is 0 Å². The molecule has 2 aromatic rings. The standard InChI is InChI=1S/C16H23N3O2S/c1-3-15-17-18-16(21-15)11-19(2)10-12-7-8-14(22-12)13-6-4-5-9-20-13/h7-8,13H,3-6,9-11H2,1-2H3/t13-/m0/s1. The highest BCUT2D eigenvalue weighted by atomic mass is 32.1. The van der Waals surface area contributed by atoms with Gasteiger partial charge in [-0.15, -0.1) is 21.5 Å². The Morgan fingerprint density at radius 2 is 2.09 bits per heavy atom. The van der Waals surface area contributed by atoms with Crippen LogP contribution in [-0.4, -0.2) is 28.8 Å². The normalized spacial score (nSPS) is 19.0. The third-order valence-corrected chi connectivity index (χ3v) is 4.98. The van der Waals surface area contributed by atoms with E-state index in [0.717, 1.165) is 26.0 Å². The summed E-state index contributed by atoms with van der Waals surface area (Å²) < 4.78 is 11.4. The van der Waals surface area contributed by atoms with E-state index < -0.39 is 0 Å². The number of hydrogen-bond donors (Lipinski definition) is 0.